The van der Waals surface area contributed by atoms with Crippen LogP contribution in [0.4, 0.5) is 0 Å². The Hall–Kier alpha value is -2.67. The number of hydrazone groups is 1. The lowest BCUT2D eigenvalue weighted by atomic mass is 10.2. The van der Waals surface area contributed by atoms with Crippen LogP contribution < -0.4 is 15.5 Å². The van der Waals surface area contributed by atoms with E-state index in [1.165, 1.54) is 6.21 Å². The molecule has 2 aromatic rings. The molecule has 2 N–H and O–H groups in total. The number of benzene rings is 2. The average Bonchev–Trinajstić information content (AvgIpc) is 2.61. The summed E-state index contributed by atoms with van der Waals surface area (Å²) < 4.78 is 5.89. The Morgan fingerprint density at radius 2 is 1.88 bits per heavy atom. The van der Waals surface area contributed by atoms with Crippen molar-refractivity contribution in [3.63, 3.8) is 0 Å². The van der Waals surface area contributed by atoms with Crippen LogP contribution in [0.3, 0.4) is 0 Å². The van der Waals surface area contributed by atoms with Gasteiger partial charge < -0.3 is 10.1 Å². The van der Waals surface area contributed by atoms with Gasteiger partial charge in [0.15, 0.2) is 0 Å². The van der Waals surface area contributed by atoms with Gasteiger partial charge in [0, 0.05) is 15.6 Å². The Labute approximate surface area is 148 Å². The number of carbonyl (C=O) groups excluding carboxylic acids is 2. The Bertz CT molecular complexity index is 745. The van der Waals surface area contributed by atoms with Gasteiger partial charge in [-0.2, -0.15) is 5.10 Å². The third-order valence-corrected chi connectivity index (χ3v) is 3.78. The van der Waals surface area contributed by atoms with Crippen LogP contribution in [-0.2, 0) is 4.79 Å². The van der Waals surface area contributed by atoms with E-state index < -0.39 is 5.91 Å². The average molecular weight is 390 g/mol. The molecule has 0 aliphatic carbocycles. The van der Waals surface area contributed by atoms with E-state index in [0.29, 0.717) is 11.3 Å². The van der Waals surface area contributed by atoms with Crippen LogP contribution in [0.15, 0.2) is 58.1 Å². The molecule has 0 aromatic heterocycles. The summed E-state index contributed by atoms with van der Waals surface area (Å²) in [6, 6.07) is 14.1. The normalized spacial score (nSPS) is 10.4. The van der Waals surface area contributed by atoms with Crippen molar-refractivity contribution < 1.29 is 14.3 Å². The van der Waals surface area contributed by atoms with Crippen LogP contribution >= 0.6 is 15.9 Å². The Morgan fingerprint density at radius 1 is 1.17 bits per heavy atom. The number of carbonyl (C=O) groups is 2. The first-order chi connectivity index (χ1) is 11.6. The molecule has 0 aliphatic rings. The summed E-state index contributed by atoms with van der Waals surface area (Å²) in [6.45, 7) is -0.168. The van der Waals surface area contributed by atoms with E-state index in [4.69, 9.17) is 4.74 Å². The number of halogens is 1. The summed E-state index contributed by atoms with van der Waals surface area (Å²) in [4.78, 5) is 23.6. The van der Waals surface area contributed by atoms with E-state index in [-0.39, 0.29) is 12.5 Å². The molecule has 0 bridgehead atoms. The molecule has 0 fully saturated rings. The Morgan fingerprint density at radius 3 is 2.54 bits per heavy atom. The van der Waals surface area contributed by atoms with Gasteiger partial charge in [0.05, 0.1) is 19.9 Å². The number of nitrogens with one attached hydrogen (secondary N) is 2. The largest absolute Gasteiger partial charge is 0.497 e. The van der Waals surface area contributed by atoms with Crippen molar-refractivity contribution in [2.24, 2.45) is 5.10 Å². The van der Waals surface area contributed by atoms with Crippen molar-refractivity contribution in [1.82, 2.24) is 10.7 Å². The monoisotopic (exact) mass is 389 g/mol. The van der Waals surface area contributed by atoms with Crippen molar-refractivity contribution >= 4 is 34.0 Å². The Balaban J connectivity index is 1.80. The third kappa shape index (κ3) is 5.20. The van der Waals surface area contributed by atoms with Crippen LogP contribution in [0.5, 0.6) is 5.75 Å². The second-order valence-electron chi connectivity index (χ2n) is 4.73. The van der Waals surface area contributed by atoms with E-state index in [9.17, 15) is 9.59 Å². The third-order valence-electron chi connectivity index (χ3n) is 3.06. The molecule has 2 rings (SSSR count). The fraction of sp³-hybridized carbons (Fsp3) is 0.118. The topological polar surface area (TPSA) is 79.8 Å². The lowest BCUT2D eigenvalue weighted by Gasteiger charge is -2.05. The van der Waals surface area contributed by atoms with Crippen molar-refractivity contribution in [2.45, 2.75) is 0 Å². The standard InChI is InChI=1S/C17H16BrN3O3/c1-24-14-8-6-12(7-9-14)17(23)19-11-16(22)21-20-10-13-4-2-3-5-15(13)18/h2-10H,11H2,1H3,(H,19,23)(H,21,22)/b20-10+. The van der Waals surface area contributed by atoms with Crippen molar-refractivity contribution in [3.8, 4) is 5.75 Å². The van der Waals surface area contributed by atoms with Gasteiger partial charge >= 0.3 is 0 Å². The molecule has 0 aliphatic heterocycles. The van der Waals surface area contributed by atoms with Gasteiger partial charge in [-0.05, 0) is 30.3 Å². The Kier molecular flexibility index (Phi) is 6.51. The van der Waals surface area contributed by atoms with Crippen LogP contribution in [0, 0.1) is 0 Å². The first-order valence-electron chi connectivity index (χ1n) is 7.09. The molecule has 0 saturated carbocycles. The van der Waals surface area contributed by atoms with Crippen molar-refractivity contribution in [3.05, 3.63) is 64.1 Å². The SMILES string of the molecule is COc1ccc(C(=O)NCC(=O)N/N=C/c2ccccc2Br)cc1. The van der Waals surface area contributed by atoms with Crippen LogP contribution in [-0.4, -0.2) is 31.7 Å². The summed E-state index contributed by atoms with van der Waals surface area (Å²) in [5.74, 6) is -0.103. The maximum Gasteiger partial charge on any atom is 0.259 e. The molecule has 0 spiro atoms. The van der Waals surface area contributed by atoms with Gasteiger partial charge in [-0.3, -0.25) is 9.59 Å². The van der Waals surface area contributed by atoms with E-state index >= 15 is 0 Å². The molecular formula is C17H16BrN3O3. The van der Waals surface area contributed by atoms with Crippen LogP contribution in [0.2, 0.25) is 0 Å². The zero-order valence-corrected chi connectivity index (χ0v) is 14.5. The summed E-state index contributed by atoms with van der Waals surface area (Å²) in [7, 11) is 1.55. The molecule has 2 amide bonds. The zero-order valence-electron chi connectivity index (χ0n) is 13.0. The maximum atomic E-state index is 11.9. The number of methoxy groups -OCH3 is 1. The summed E-state index contributed by atoms with van der Waals surface area (Å²) >= 11 is 3.38. The maximum absolute atomic E-state index is 11.9. The fourth-order valence-corrected chi connectivity index (χ4v) is 2.19. The summed E-state index contributed by atoms with van der Waals surface area (Å²) in [5, 5.41) is 6.37. The highest BCUT2D eigenvalue weighted by Gasteiger charge is 2.07. The summed E-state index contributed by atoms with van der Waals surface area (Å²) in [5.41, 5.74) is 3.64. The highest BCUT2D eigenvalue weighted by Crippen LogP contribution is 2.13. The van der Waals surface area contributed by atoms with Gasteiger partial charge in [-0.1, -0.05) is 34.1 Å². The lowest BCUT2D eigenvalue weighted by Crippen LogP contribution is -2.34. The predicted octanol–water partition coefficient (Wildman–Crippen LogP) is 2.34. The molecule has 7 heteroatoms. The number of hydrogen-bond donors (Lipinski definition) is 2. The minimum Gasteiger partial charge on any atom is -0.497 e. The van der Waals surface area contributed by atoms with E-state index in [2.05, 4.69) is 31.8 Å². The van der Waals surface area contributed by atoms with Gasteiger partial charge in [0.1, 0.15) is 5.75 Å². The fourth-order valence-electron chi connectivity index (χ4n) is 1.80. The van der Waals surface area contributed by atoms with Gasteiger partial charge in [0.25, 0.3) is 11.8 Å². The van der Waals surface area contributed by atoms with E-state index in [1.54, 1.807) is 31.4 Å². The van der Waals surface area contributed by atoms with E-state index in [0.717, 1.165) is 10.0 Å². The minimum atomic E-state index is -0.417. The molecular weight excluding hydrogens is 374 g/mol. The van der Waals surface area contributed by atoms with Gasteiger partial charge in [0.2, 0.25) is 0 Å². The number of hydrogen-bond acceptors (Lipinski definition) is 4. The molecule has 0 saturated heterocycles. The van der Waals surface area contributed by atoms with Gasteiger partial charge in [-0.15, -0.1) is 0 Å². The van der Waals surface area contributed by atoms with Crippen LogP contribution in [0.1, 0.15) is 15.9 Å². The zero-order chi connectivity index (χ0) is 17.4. The first-order valence-corrected chi connectivity index (χ1v) is 7.88. The van der Waals surface area contributed by atoms with Crippen molar-refractivity contribution in [1.29, 1.82) is 0 Å². The molecule has 124 valence electrons. The molecule has 2 aromatic carbocycles. The number of rotatable bonds is 6. The first kappa shape index (κ1) is 17.7. The summed E-state index contributed by atoms with van der Waals surface area (Å²) in [6.07, 6.45) is 1.52. The quantitative estimate of drug-likeness (QED) is 0.587. The molecule has 0 unspecified atom stereocenters. The van der Waals surface area contributed by atoms with E-state index in [1.807, 2.05) is 24.3 Å². The molecule has 0 atom stereocenters. The molecule has 24 heavy (non-hydrogen) atoms. The molecule has 6 nitrogen and oxygen atoms in total. The second kappa shape index (κ2) is 8.83. The predicted molar refractivity (Wildman–Crippen MR) is 95.2 cm³/mol. The lowest BCUT2D eigenvalue weighted by molar-refractivity contribution is -0.120. The second-order valence-corrected chi connectivity index (χ2v) is 5.58. The number of amides is 2. The molecule has 0 heterocycles. The molecule has 0 radical (unpaired) electrons. The highest BCUT2D eigenvalue weighted by molar-refractivity contribution is 9.10. The van der Waals surface area contributed by atoms with Gasteiger partial charge in [-0.25, -0.2) is 5.43 Å². The smallest absolute Gasteiger partial charge is 0.259 e. The minimum absolute atomic E-state index is 0.168. The number of nitrogens with zero attached hydrogens (tertiary/aromatic N) is 1. The van der Waals surface area contributed by atoms with Crippen molar-refractivity contribution in [2.75, 3.05) is 13.7 Å². The highest BCUT2D eigenvalue weighted by atomic mass is 79.9. The van der Waals surface area contributed by atoms with Crippen LogP contribution in [0.25, 0.3) is 0 Å². The number of ether oxygens (including phenoxy) is 1.